The minimum atomic E-state index is -4.44. The molecule has 1 aliphatic rings. The Morgan fingerprint density at radius 2 is 1.86 bits per heavy atom. The molecule has 1 amide bonds. The van der Waals surface area contributed by atoms with E-state index in [1.165, 1.54) is 12.3 Å². The average Bonchev–Trinajstić information content (AvgIpc) is 2.71. The number of hydrogen-bond acceptors (Lipinski definition) is 4. The van der Waals surface area contributed by atoms with Crippen molar-refractivity contribution in [2.45, 2.75) is 25.6 Å². The molecule has 0 bridgehead atoms. The number of aromatic nitrogens is 1. The van der Waals surface area contributed by atoms with Crippen molar-refractivity contribution in [3.05, 3.63) is 59.8 Å². The average molecular weight is 393 g/mol. The molecule has 1 aromatic carbocycles. The number of nitrogens with zero attached hydrogens (tertiary/aromatic N) is 2. The largest absolute Gasteiger partial charge is 0.445 e. The number of alkyl halides is 3. The summed E-state index contributed by atoms with van der Waals surface area (Å²) in [5, 5.41) is 2.81. The first-order chi connectivity index (χ1) is 13.4. The number of piperidine rings is 1. The Balaban J connectivity index is 1.44. The van der Waals surface area contributed by atoms with E-state index in [0.29, 0.717) is 32.5 Å². The third-order valence-corrected chi connectivity index (χ3v) is 4.75. The highest BCUT2D eigenvalue weighted by molar-refractivity contribution is 5.67. The third-order valence-electron chi connectivity index (χ3n) is 4.75. The highest BCUT2D eigenvalue weighted by atomic mass is 19.4. The maximum atomic E-state index is 13.0. The van der Waals surface area contributed by atoms with Gasteiger partial charge in [-0.2, -0.15) is 13.2 Å². The number of rotatable bonds is 5. The molecule has 2 aromatic rings. The van der Waals surface area contributed by atoms with E-state index in [2.05, 4.69) is 10.3 Å². The van der Waals surface area contributed by atoms with Gasteiger partial charge in [0.05, 0.1) is 5.56 Å². The van der Waals surface area contributed by atoms with Crippen molar-refractivity contribution in [1.82, 2.24) is 9.88 Å². The number of ether oxygens (including phenoxy) is 1. The summed E-state index contributed by atoms with van der Waals surface area (Å²) in [6.07, 6.45) is -2.08. The van der Waals surface area contributed by atoms with Crippen molar-refractivity contribution >= 4 is 11.9 Å². The zero-order valence-electron chi connectivity index (χ0n) is 15.3. The molecule has 8 heteroatoms. The summed E-state index contributed by atoms with van der Waals surface area (Å²) in [5.41, 5.74) is 0.155. The number of benzene rings is 1. The first kappa shape index (κ1) is 20.0. The van der Waals surface area contributed by atoms with Crippen molar-refractivity contribution < 1.29 is 22.7 Å². The molecule has 0 atom stereocenters. The zero-order chi connectivity index (χ0) is 20.0. The van der Waals surface area contributed by atoms with Crippen LogP contribution in [0.2, 0.25) is 0 Å². The van der Waals surface area contributed by atoms with Crippen LogP contribution in [0.5, 0.6) is 0 Å². The second-order valence-corrected chi connectivity index (χ2v) is 6.75. The van der Waals surface area contributed by atoms with Crippen molar-refractivity contribution in [1.29, 1.82) is 0 Å². The second kappa shape index (κ2) is 8.95. The number of nitrogens with one attached hydrogen (secondary N) is 1. The third kappa shape index (κ3) is 5.37. The zero-order valence-corrected chi connectivity index (χ0v) is 15.3. The summed E-state index contributed by atoms with van der Waals surface area (Å²) in [6, 6.07) is 11.7. The van der Waals surface area contributed by atoms with Crippen molar-refractivity contribution in [2.75, 3.05) is 25.0 Å². The molecule has 0 aliphatic carbocycles. The number of carbonyl (C=O) groups is 1. The first-order valence-corrected chi connectivity index (χ1v) is 9.15. The van der Waals surface area contributed by atoms with Gasteiger partial charge in [0.15, 0.2) is 0 Å². The van der Waals surface area contributed by atoms with Crippen LogP contribution < -0.4 is 5.32 Å². The normalized spacial score (nSPS) is 15.3. The number of hydrogen-bond donors (Lipinski definition) is 1. The van der Waals surface area contributed by atoms with E-state index in [9.17, 15) is 18.0 Å². The summed E-state index contributed by atoms with van der Waals surface area (Å²) in [4.78, 5) is 17.6. The molecule has 0 saturated carbocycles. The van der Waals surface area contributed by atoms with Gasteiger partial charge < -0.3 is 15.0 Å². The van der Waals surface area contributed by atoms with Crippen LogP contribution in [-0.2, 0) is 17.5 Å². The van der Waals surface area contributed by atoms with Crippen molar-refractivity contribution in [2.24, 2.45) is 5.92 Å². The Morgan fingerprint density at radius 3 is 2.54 bits per heavy atom. The molecule has 1 fully saturated rings. The summed E-state index contributed by atoms with van der Waals surface area (Å²) in [7, 11) is 0. The predicted octanol–water partition coefficient (Wildman–Crippen LogP) is 4.56. The van der Waals surface area contributed by atoms with Gasteiger partial charge >= 0.3 is 12.3 Å². The van der Waals surface area contributed by atoms with Gasteiger partial charge in [-0.15, -0.1) is 0 Å². The van der Waals surface area contributed by atoms with E-state index in [1.54, 1.807) is 4.90 Å². The van der Waals surface area contributed by atoms with Gasteiger partial charge in [-0.3, -0.25) is 0 Å². The van der Waals surface area contributed by atoms with Crippen LogP contribution in [-0.4, -0.2) is 35.6 Å². The lowest BCUT2D eigenvalue weighted by molar-refractivity contribution is -0.137. The molecular formula is C20H22F3N3O2. The minimum Gasteiger partial charge on any atom is -0.445 e. The lowest BCUT2D eigenvalue weighted by atomic mass is 9.97. The van der Waals surface area contributed by atoms with Gasteiger partial charge in [-0.1, -0.05) is 30.3 Å². The monoisotopic (exact) mass is 393 g/mol. The van der Waals surface area contributed by atoms with Crippen LogP contribution in [0.3, 0.4) is 0 Å². The fraction of sp³-hybridized carbons (Fsp3) is 0.400. The van der Waals surface area contributed by atoms with E-state index in [-0.39, 0.29) is 24.4 Å². The lowest BCUT2D eigenvalue weighted by Gasteiger charge is -2.31. The molecule has 3 rings (SSSR count). The maximum Gasteiger partial charge on any atom is 0.419 e. The maximum absolute atomic E-state index is 13.0. The van der Waals surface area contributed by atoms with Gasteiger partial charge in [0.2, 0.25) is 0 Å². The van der Waals surface area contributed by atoms with Crippen LogP contribution in [0.25, 0.3) is 0 Å². The highest BCUT2D eigenvalue weighted by Crippen LogP contribution is 2.33. The Kier molecular flexibility index (Phi) is 6.38. The summed E-state index contributed by atoms with van der Waals surface area (Å²) < 4.78 is 44.4. The number of amides is 1. The van der Waals surface area contributed by atoms with Gasteiger partial charge in [-0.05, 0) is 36.5 Å². The summed E-state index contributed by atoms with van der Waals surface area (Å²) in [6.45, 7) is 1.65. The van der Waals surface area contributed by atoms with Gasteiger partial charge in [-0.25, -0.2) is 9.78 Å². The van der Waals surface area contributed by atoms with Crippen LogP contribution in [0.15, 0.2) is 48.7 Å². The molecule has 1 aliphatic heterocycles. The lowest BCUT2D eigenvalue weighted by Crippen LogP contribution is -2.40. The number of carbonyl (C=O) groups excluding carboxylic acids is 1. The first-order valence-electron chi connectivity index (χ1n) is 9.15. The highest BCUT2D eigenvalue weighted by Gasteiger charge is 2.34. The Labute approximate surface area is 161 Å². The molecule has 28 heavy (non-hydrogen) atoms. The van der Waals surface area contributed by atoms with Crippen LogP contribution in [0.1, 0.15) is 24.0 Å². The Bertz CT molecular complexity index is 776. The summed E-state index contributed by atoms with van der Waals surface area (Å²) >= 11 is 0. The topological polar surface area (TPSA) is 54.5 Å². The van der Waals surface area contributed by atoms with Crippen molar-refractivity contribution in [3.8, 4) is 0 Å². The molecule has 0 unspecified atom stereocenters. The van der Waals surface area contributed by atoms with E-state index in [4.69, 9.17) is 4.74 Å². The fourth-order valence-corrected chi connectivity index (χ4v) is 3.15. The Hall–Kier alpha value is -2.77. The molecule has 5 nitrogen and oxygen atoms in total. The van der Waals surface area contributed by atoms with E-state index in [1.807, 2.05) is 30.3 Å². The van der Waals surface area contributed by atoms with E-state index < -0.39 is 11.7 Å². The minimum absolute atomic E-state index is 0.153. The Morgan fingerprint density at radius 1 is 1.14 bits per heavy atom. The number of likely N-dealkylation sites (tertiary alicyclic amines) is 1. The van der Waals surface area contributed by atoms with E-state index >= 15 is 0 Å². The molecule has 1 N–H and O–H groups in total. The number of pyridine rings is 1. The molecule has 2 heterocycles. The molecular weight excluding hydrogens is 371 g/mol. The standard InChI is InChI=1S/C20H22F3N3O2/c21-20(22,23)17-7-4-10-24-18(17)25-13-15-8-11-26(12-9-15)19(27)28-14-16-5-2-1-3-6-16/h1-7,10,15H,8-9,11-14H2,(H,24,25). The number of anilines is 1. The molecule has 0 radical (unpaired) electrons. The fourth-order valence-electron chi connectivity index (χ4n) is 3.15. The van der Waals surface area contributed by atoms with Crippen LogP contribution in [0.4, 0.5) is 23.8 Å². The molecule has 1 aromatic heterocycles. The van der Waals surface area contributed by atoms with Gasteiger partial charge in [0, 0.05) is 25.8 Å². The molecule has 0 spiro atoms. The van der Waals surface area contributed by atoms with Crippen molar-refractivity contribution in [3.63, 3.8) is 0 Å². The van der Waals surface area contributed by atoms with Crippen LogP contribution >= 0.6 is 0 Å². The van der Waals surface area contributed by atoms with Gasteiger partial charge in [0.25, 0.3) is 0 Å². The predicted molar refractivity (Wildman–Crippen MR) is 98.7 cm³/mol. The van der Waals surface area contributed by atoms with Crippen LogP contribution in [0, 0.1) is 5.92 Å². The molecule has 1 saturated heterocycles. The van der Waals surface area contributed by atoms with E-state index in [0.717, 1.165) is 11.6 Å². The second-order valence-electron chi connectivity index (χ2n) is 6.75. The smallest absolute Gasteiger partial charge is 0.419 e. The quantitative estimate of drug-likeness (QED) is 0.809. The van der Waals surface area contributed by atoms with Gasteiger partial charge in [0.1, 0.15) is 12.4 Å². The number of halogens is 3. The molecule has 150 valence electrons. The SMILES string of the molecule is O=C(OCc1ccccc1)N1CCC(CNc2ncccc2C(F)(F)F)CC1. The summed E-state index contributed by atoms with van der Waals surface area (Å²) in [5.74, 6) is 0.0148.